The molecule has 0 spiro atoms. The van der Waals surface area contributed by atoms with Gasteiger partial charge >= 0.3 is 6.03 Å². The molecule has 0 saturated heterocycles. The number of aromatic nitrogens is 2. The van der Waals surface area contributed by atoms with Crippen LogP contribution in [0, 0.1) is 5.82 Å². The monoisotopic (exact) mass is 446 g/mol. The summed E-state index contributed by atoms with van der Waals surface area (Å²) in [4.78, 5) is 32.6. The number of imide groups is 1. The summed E-state index contributed by atoms with van der Waals surface area (Å²) in [5, 5.41) is 4.23. The van der Waals surface area contributed by atoms with Gasteiger partial charge in [-0.1, -0.05) is 67.4 Å². The van der Waals surface area contributed by atoms with Crippen LogP contribution in [0.1, 0.15) is 35.8 Å². The summed E-state index contributed by atoms with van der Waals surface area (Å²) in [6.07, 6.45) is 0. The molecule has 0 aliphatic heterocycles. The van der Waals surface area contributed by atoms with Crippen LogP contribution >= 0.6 is 23.2 Å². The summed E-state index contributed by atoms with van der Waals surface area (Å²) in [5.74, 6) is -1.29. The average molecular weight is 447 g/mol. The minimum absolute atomic E-state index is 0.00775. The van der Waals surface area contributed by atoms with Crippen LogP contribution in [0.25, 0.3) is 11.3 Å². The summed E-state index contributed by atoms with van der Waals surface area (Å²) in [6, 6.07) is 12.3. The fourth-order valence-corrected chi connectivity index (χ4v) is 3.23. The second kappa shape index (κ2) is 9.19. The van der Waals surface area contributed by atoms with Crippen LogP contribution in [0.2, 0.25) is 10.3 Å². The van der Waals surface area contributed by atoms with Crippen molar-refractivity contribution in [2.24, 2.45) is 0 Å². The van der Waals surface area contributed by atoms with E-state index in [1.54, 1.807) is 18.2 Å². The molecule has 0 aliphatic rings. The maximum atomic E-state index is 14.0. The predicted octanol–water partition coefficient (Wildman–Crippen LogP) is 5.67. The molecule has 0 bridgehead atoms. The molecule has 9 heteroatoms. The van der Waals surface area contributed by atoms with Gasteiger partial charge in [0.15, 0.2) is 16.0 Å². The van der Waals surface area contributed by atoms with Crippen molar-refractivity contribution >= 4 is 40.8 Å². The highest BCUT2D eigenvalue weighted by Gasteiger charge is 2.21. The van der Waals surface area contributed by atoms with Crippen molar-refractivity contribution in [2.75, 3.05) is 5.32 Å². The second-order valence-electron chi connectivity index (χ2n) is 6.63. The molecule has 3 amide bonds. The molecule has 3 aromatic rings. The van der Waals surface area contributed by atoms with E-state index in [0.717, 1.165) is 5.56 Å². The number of hydrogen-bond donors (Lipinski definition) is 2. The fraction of sp³-hybridized carbons (Fsp3) is 0.143. The summed E-state index contributed by atoms with van der Waals surface area (Å²) < 4.78 is 14.0. The third-order valence-electron chi connectivity index (χ3n) is 4.21. The van der Waals surface area contributed by atoms with E-state index in [9.17, 15) is 14.0 Å². The second-order valence-corrected chi connectivity index (χ2v) is 7.35. The molecular formula is C21H17Cl2FN4O2. The molecular weight excluding hydrogens is 430 g/mol. The summed E-state index contributed by atoms with van der Waals surface area (Å²) in [7, 11) is 0. The van der Waals surface area contributed by atoms with Gasteiger partial charge in [0.05, 0.1) is 0 Å². The Hall–Kier alpha value is -3.03. The largest absolute Gasteiger partial charge is 0.326 e. The first kappa shape index (κ1) is 21.7. The van der Waals surface area contributed by atoms with Gasteiger partial charge in [-0.2, -0.15) is 0 Å². The van der Waals surface area contributed by atoms with Crippen molar-refractivity contribution in [3.05, 3.63) is 75.9 Å². The quantitative estimate of drug-likeness (QED) is 0.540. The van der Waals surface area contributed by atoms with Crippen molar-refractivity contribution in [1.29, 1.82) is 0 Å². The standard InChI is InChI=1S/C21H17Cl2FN4O2/c1-11(2)12-7-4-6-10-15(12)25-21(30)28-20(29)17-19(23)26-16(18(22)27-17)13-8-3-5-9-14(13)24/h3-11H,1-2H3,(H2,25,28,29,30). The minimum Gasteiger partial charge on any atom is -0.307 e. The van der Waals surface area contributed by atoms with Gasteiger partial charge in [-0.15, -0.1) is 0 Å². The fourth-order valence-electron chi connectivity index (χ4n) is 2.79. The van der Waals surface area contributed by atoms with E-state index in [1.165, 1.54) is 18.2 Å². The van der Waals surface area contributed by atoms with Gasteiger partial charge in [0, 0.05) is 11.3 Å². The number of anilines is 1. The minimum atomic E-state index is -0.894. The van der Waals surface area contributed by atoms with Gasteiger partial charge < -0.3 is 5.32 Å². The van der Waals surface area contributed by atoms with E-state index >= 15 is 0 Å². The molecule has 1 aromatic heterocycles. The average Bonchev–Trinajstić information content (AvgIpc) is 2.70. The van der Waals surface area contributed by atoms with E-state index < -0.39 is 17.8 Å². The van der Waals surface area contributed by atoms with Crippen molar-refractivity contribution in [3.8, 4) is 11.3 Å². The van der Waals surface area contributed by atoms with E-state index in [0.29, 0.717) is 5.69 Å². The summed E-state index contributed by atoms with van der Waals surface area (Å²) in [6.45, 7) is 3.97. The van der Waals surface area contributed by atoms with Gasteiger partial charge in [0.2, 0.25) is 0 Å². The third kappa shape index (κ3) is 4.75. The first-order valence-corrected chi connectivity index (χ1v) is 9.72. The summed E-state index contributed by atoms with van der Waals surface area (Å²) >= 11 is 12.2. The Kier molecular flexibility index (Phi) is 6.64. The van der Waals surface area contributed by atoms with E-state index in [-0.39, 0.29) is 33.2 Å². The predicted molar refractivity (Wildman–Crippen MR) is 114 cm³/mol. The third-order valence-corrected chi connectivity index (χ3v) is 4.74. The molecule has 3 rings (SSSR count). The molecule has 0 fully saturated rings. The molecule has 0 atom stereocenters. The van der Waals surface area contributed by atoms with Gasteiger partial charge in [-0.3, -0.25) is 10.1 Å². The Labute approximate surface area is 182 Å². The molecule has 0 aliphatic carbocycles. The number of halogens is 3. The number of hydrogen-bond acceptors (Lipinski definition) is 4. The molecule has 0 radical (unpaired) electrons. The van der Waals surface area contributed by atoms with Crippen LogP contribution < -0.4 is 10.6 Å². The summed E-state index contributed by atoms with van der Waals surface area (Å²) in [5.41, 5.74) is 1.21. The highest BCUT2D eigenvalue weighted by atomic mass is 35.5. The molecule has 154 valence electrons. The molecule has 2 aromatic carbocycles. The molecule has 2 N–H and O–H groups in total. The lowest BCUT2D eigenvalue weighted by molar-refractivity contribution is 0.0962. The molecule has 30 heavy (non-hydrogen) atoms. The van der Waals surface area contributed by atoms with Crippen molar-refractivity contribution < 1.29 is 14.0 Å². The van der Waals surface area contributed by atoms with Crippen LogP contribution in [0.5, 0.6) is 0 Å². The van der Waals surface area contributed by atoms with Gasteiger partial charge in [-0.25, -0.2) is 19.2 Å². The SMILES string of the molecule is CC(C)c1ccccc1NC(=O)NC(=O)c1nc(Cl)c(-c2ccccc2F)nc1Cl. The van der Waals surface area contributed by atoms with Gasteiger partial charge in [0.1, 0.15) is 11.5 Å². The first-order valence-electron chi connectivity index (χ1n) is 8.97. The lowest BCUT2D eigenvalue weighted by Gasteiger charge is -2.14. The number of para-hydroxylation sites is 1. The van der Waals surface area contributed by atoms with Gasteiger partial charge in [0.25, 0.3) is 5.91 Å². The number of nitrogens with one attached hydrogen (secondary N) is 2. The number of nitrogens with zero attached hydrogens (tertiary/aromatic N) is 2. The number of rotatable bonds is 4. The number of carbonyl (C=O) groups is 2. The maximum Gasteiger partial charge on any atom is 0.326 e. The number of amides is 3. The van der Waals surface area contributed by atoms with Crippen LogP contribution in [0.3, 0.4) is 0 Å². The smallest absolute Gasteiger partial charge is 0.307 e. The lowest BCUT2D eigenvalue weighted by atomic mass is 10.0. The van der Waals surface area contributed by atoms with Crippen molar-refractivity contribution in [2.45, 2.75) is 19.8 Å². The molecule has 0 saturated carbocycles. The number of carbonyl (C=O) groups excluding carboxylic acids is 2. The zero-order valence-corrected chi connectivity index (χ0v) is 17.6. The van der Waals surface area contributed by atoms with E-state index in [4.69, 9.17) is 23.2 Å². The zero-order valence-electron chi connectivity index (χ0n) is 16.0. The van der Waals surface area contributed by atoms with Crippen LogP contribution in [-0.4, -0.2) is 21.9 Å². The number of benzene rings is 2. The van der Waals surface area contributed by atoms with Crippen LogP contribution in [0.4, 0.5) is 14.9 Å². The first-order chi connectivity index (χ1) is 14.3. The molecule has 1 heterocycles. The Bertz CT molecular complexity index is 1120. The zero-order chi connectivity index (χ0) is 21.8. The van der Waals surface area contributed by atoms with E-state index in [2.05, 4.69) is 20.6 Å². The Morgan fingerprint density at radius 3 is 2.33 bits per heavy atom. The number of urea groups is 1. The lowest BCUT2D eigenvalue weighted by Crippen LogP contribution is -2.35. The van der Waals surface area contributed by atoms with Crippen LogP contribution in [-0.2, 0) is 0 Å². The van der Waals surface area contributed by atoms with Gasteiger partial charge in [-0.05, 0) is 29.7 Å². The van der Waals surface area contributed by atoms with E-state index in [1.807, 2.05) is 26.0 Å². The maximum absolute atomic E-state index is 14.0. The topological polar surface area (TPSA) is 84.0 Å². The Balaban J connectivity index is 1.80. The highest BCUT2D eigenvalue weighted by molar-refractivity contribution is 6.35. The Morgan fingerprint density at radius 2 is 1.63 bits per heavy atom. The molecule has 0 unspecified atom stereocenters. The van der Waals surface area contributed by atoms with Crippen molar-refractivity contribution in [3.63, 3.8) is 0 Å². The van der Waals surface area contributed by atoms with Crippen molar-refractivity contribution in [1.82, 2.24) is 15.3 Å². The Morgan fingerprint density at radius 1 is 0.967 bits per heavy atom. The molecule has 6 nitrogen and oxygen atoms in total. The van der Waals surface area contributed by atoms with Crippen LogP contribution in [0.15, 0.2) is 48.5 Å². The highest BCUT2D eigenvalue weighted by Crippen LogP contribution is 2.29. The normalized spacial score (nSPS) is 10.7.